The van der Waals surface area contributed by atoms with Gasteiger partial charge in [-0.05, 0) is 108 Å². The highest BCUT2D eigenvalue weighted by Crippen LogP contribution is 2.43. The smallest absolute Gasteiger partial charge is 0.0794 e. The van der Waals surface area contributed by atoms with Gasteiger partial charge in [-0.3, -0.25) is 4.98 Å². The molecule has 11 rings (SSSR count). The van der Waals surface area contributed by atoms with E-state index < -0.39 is 0 Å². The number of rotatable bonds is 2. The molecule has 11 aromatic rings. The topological polar surface area (TPSA) is 22.8 Å². The largest absolute Gasteiger partial charge is 0.309 e. The Kier molecular flexibility index (Phi) is 5.96. The molecule has 0 bridgehead atoms. The van der Waals surface area contributed by atoms with Crippen molar-refractivity contribution in [2.45, 2.75) is 0 Å². The van der Waals surface area contributed by atoms with Gasteiger partial charge in [0.25, 0.3) is 0 Å². The van der Waals surface area contributed by atoms with Gasteiger partial charge in [0.15, 0.2) is 0 Å². The Labute approximate surface area is 303 Å². The fourth-order valence-corrected chi connectivity index (χ4v) is 9.18. The Morgan fingerprint density at radius 2 is 0.840 bits per heavy atom. The quantitative estimate of drug-likeness (QED) is 0.161. The lowest BCUT2D eigenvalue weighted by atomic mass is 10.0. The van der Waals surface area contributed by atoms with Crippen LogP contribution in [0.5, 0.6) is 0 Å². The summed E-state index contributed by atoms with van der Waals surface area (Å²) in [7, 11) is 0. The molecule has 0 aliphatic rings. The molecule has 0 amide bonds. The van der Waals surface area contributed by atoms with Crippen LogP contribution in [0.2, 0.25) is 0 Å². The minimum absolute atomic E-state index is 0.963. The van der Waals surface area contributed by atoms with Crippen LogP contribution in [0.15, 0.2) is 161 Å². The zero-order valence-corrected chi connectivity index (χ0v) is 29.7. The van der Waals surface area contributed by atoms with Crippen LogP contribution in [0.3, 0.4) is 0 Å². The Hall–Kier alpha value is -5.49. The first-order chi connectivity index (χ1) is 24.6. The molecule has 3 heterocycles. The number of benzene rings is 8. The highest BCUT2D eigenvalue weighted by molar-refractivity contribution is 9.13. The zero-order chi connectivity index (χ0) is 33.1. The summed E-state index contributed by atoms with van der Waals surface area (Å²) in [5, 5.41) is 13.2. The molecule has 0 unspecified atom stereocenters. The van der Waals surface area contributed by atoms with Gasteiger partial charge in [0, 0.05) is 52.3 Å². The van der Waals surface area contributed by atoms with Crippen molar-refractivity contribution in [2.75, 3.05) is 0 Å². The number of para-hydroxylation sites is 2. The van der Waals surface area contributed by atoms with Crippen molar-refractivity contribution in [3.05, 3.63) is 161 Å². The molecule has 0 radical (unpaired) electrons. The Bertz CT molecular complexity index is 3020. The summed E-state index contributed by atoms with van der Waals surface area (Å²) in [5.41, 5.74) is 7.82. The summed E-state index contributed by atoms with van der Waals surface area (Å²) in [4.78, 5) is 5.19. The minimum Gasteiger partial charge on any atom is -0.309 e. The monoisotopic (exact) mass is 765 g/mol. The molecule has 8 aromatic carbocycles. The maximum absolute atomic E-state index is 5.19. The predicted molar refractivity (Wildman–Crippen MR) is 218 cm³/mol. The van der Waals surface area contributed by atoms with E-state index in [4.69, 9.17) is 4.98 Å². The highest BCUT2D eigenvalue weighted by Gasteiger charge is 2.19. The third kappa shape index (κ3) is 3.93. The highest BCUT2D eigenvalue weighted by atomic mass is 79.9. The van der Waals surface area contributed by atoms with Crippen molar-refractivity contribution in [3.8, 4) is 11.4 Å². The van der Waals surface area contributed by atoms with E-state index >= 15 is 0 Å². The minimum atomic E-state index is 0.963. The molecular formula is C45H25Br2N3. The summed E-state index contributed by atoms with van der Waals surface area (Å²) in [6, 6.07) is 52.8. The van der Waals surface area contributed by atoms with Gasteiger partial charge in [0.1, 0.15) is 0 Å². The van der Waals surface area contributed by atoms with Crippen molar-refractivity contribution in [1.29, 1.82) is 0 Å². The molecule has 0 aliphatic carbocycles. The molecule has 0 N–H and O–H groups in total. The first-order valence-electron chi connectivity index (χ1n) is 16.7. The second-order valence-corrected chi connectivity index (χ2v) is 14.7. The van der Waals surface area contributed by atoms with Crippen LogP contribution in [-0.4, -0.2) is 14.1 Å². The summed E-state index contributed by atoms with van der Waals surface area (Å²) in [5.74, 6) is 0. The third-order valence-electron chi connectivity index (χ3n) is 10.4. The number of nitrogens with zero attached hydrogens (tertiary/aromatic N) is 3. The normalized spacial score (nSPS) is 12.2. The maximum atomic E-state index is 5.19. The van der Waals surface area contributed by atoms with Crippen LogP contribution in [0.25, 0.3) is 98.2 Å². The molecular weight excluding hydrogens is 742 g/mol. The molecule has 0 spiro atoms. The van der Waals surface area contributed by atoms with Crippen molar-refractivity contribution >= 4 is 119 Å². The summed E-state index contributed by atoms with van der Waals surface area (Å²) in [6.07, 6.45) is 2.02. The molecule has 0 aliphatic heterocycles. The van der Waals surface area contributed by atoms with E-state index in [0.29, 0.717) is 0 Å². The van der Waals surface area contributed by atoms with Gasteiger partial charge >= 0.3 is 0 Å². The summed E-state index contributed by atoms with van der Waals surface area (Å²) >= 11 is 8.03. The molecule has 0 atom stereocenters. The standard InChI is InChI=1S/C45H25Br2N3/c46-43-37-23-30(49-39-15-7-5-13-32(39)35-19-26-9-1-3-11-28(26)21-41(35)49)17-18-34(37)45-38(44(43)47)24-31(25-48-45)50-40-16-8-6-14-33(40)36-20-27-10-2-4-12-29(27)22-42(36)50/h1-25H. The van der Waals surface area contributed by atoms with Gasteiger partial charge in [0.2, 0.25) is 0 Å². The van der Waals surface area contributed by atoms with Crippen LogP contribution in [0.1, 0.15) is 0 Å². The lowest BCUT2D eigenvalue weighted by Gasteiger charge is -2.15. The van der Waals surface area contributed by atoms with Gasteiger partial charge < -0.3 is 9.13 Å². The average molecular weight is 768 g/mol. The van der Waals surface area contributed by atoms with Crippen LogP contribution in [0, 0.1) is 0 Å². The number of fused-ring (bicyclic) bond motifs is 11. The first kappa shape index (κ1) is 28.4. The van der Waals surface area contributed by atoms with Gasteiger partial charge in [-0.25, -0.2) is 0 Å². The maximum Gasteiger partial charge on any atom is 0.0794 e. The Morgan fingerprint density at radius 3 is 1.44 bits per heavy atom. The first-order valence-corrected chi connectivity index (χ1v) is 18.3. The van der Waals surface area contributed by atoms with E-state index in [1.807, 2.05) is 6.20 Å². The fourth-order valence-electron chi connectivity index (χ4n) is 8.12. The third-order valence-corrected chi connectivity index (χ3v) is 12.6. The number of hydrogen-bond acceptors (Lipinski definition) is 1. The van der Waals surface area contributed by atoms with E-state index in [2.05, 4.69) is 187 Å². The molecule has 3 aromatic heterocycles. The van der Waals surface area contributed by atoms with Crippen LogP contribution in [-0.2, 0) is 0 Å². The fraction of sp³-hybridized carbons (Fsp3) is 0. The van der Waals surface area contributed by atoms with Crippen molar-refractivity contribution in [2.24, 2.45) is 0 Å². The predicted octanol–water partition coefficient (Wildman–Crippen LogP) is 13.4. The Balaban J connectivity index is 1.14. The van der Waals surface area contributed by atoms with Crippen LogP contribution < -0.4 is 0 Å². The van der Waals surface area contributed by atoms with E-state index in [1.165, 1.54) is 65.2 Å². The second-order valence-electron chi connectivity index (χ2n) is 13.1. The van der Waals surface area contributed by atoms with Gasteiger partial charge in [-0.2, -0.15) is 0 Å². The number of halogens is 2. The second kappa shape index (κ2) is 10.5. The molecule has 0 saturated carbocycles. The summed E-state index contributed by atoms with van der Waals surface area (Å²) in [6.45, 7) is 0. The zero-order valence-electron chi connectivity index (χ0n) is 26.5. The van der Waals surface area contributed by atoms with E-state index in [-0.39, 0.29) is 0 Å². The summed E-state index contributed by atoms with van der Waals surface area (Å²) < 4.78 is 6.75. The molecule has 0 saturated heterocycles. The SMILES string of the molecule is Brc1c(Br)c2cc(-n3c4ccccc4c4cc5ccccc5cc43)cnc2c2ccc(-n3c4ccccc4c4cc5ccccc5cc43)cc12. The number of hydrogen-bond donors (Lipinski definition) is 0. The van der Waals surface area contributed by atoms with Gasteiger partial charge in [-0.1, -0.05) is 91.0 Å². The van der Waals surface area contributed by atoms with Crippen molar-refractivity contribution < 1.29 is 0 Å². The lowest BCUT2D eigenvalue weighted by molar-refractivity contribution is 1.16. The number of pyridine rings is 1. The average Bonchev–Trinajstić information content (AvgIpc) is 3.66. The Morgan fingerprint density at radius 1 is 0.360 bits per heavy atom. The molecule has 0 fully saturated rings. The van der Waals surface area contributed by atoms with E-state index in [1.54, 1.807) is 0 Å². The van der Waals surface area contributed by atoms with Crippen molar-refractivity contribution in [1.82, 2.24) is 14.1 Å². The van der Waals surface area contributed by atoms with Crippen LogP contribution in [0.4, 0.5) is 0 Å². The van der Waals surface area contributed by atoms with Crippen LogP contribution >= 0.6 is 31.9 Å². The molecule has 50 heavy (non-hydrogen) atoms. The number of aromatic nitrogens is 3. The molecule has 5 heteroatoms. The molecule has 3 nitrogen and oxygen atoms in total. The van der Waals surface area contributed by atoms with Crippen molar-refractivity contribution in [3.63, 3.8) is 0 Å². The lowest BCUT2D eigenvalue weighted by Crippen LogP contribution is -1.97. The van der Waals surface area contributed by atoms with E-state index in [0.717, 1.165) is 42.0 Å². The molecule has 234 valence electrons. The van der Waals surface area contributed by atoms with Gasteiger partial charge in [0.05, 0.1) is 39.5 Å². The van der Waals surface area contributed by atoms with E-state index in [9.17, 15) is 0 Å². The van der Waals surface area contributed by atoms with Gasteiger partial charge in [-0.15, -0.1) is 0 Å².